The predicted molar refractivity (Wildman–Crippen MR) is 80.3 cm³/mol. The highest BCUT2D eigenvalue weighted by molar-refractivity contribution is 5.79. The Labute approximate surface area is 120 Å². The molecule has 0 aliphatic carbocycles. The van der Waals surface area contributed by atoms with Crippen LogP contribution < -0.4 is 10.6 Å². The summed E-state index contributed by atoms with van der Waals surface area (Å²) < 4.78 is 18.8. The summed E-state index contributed by atoms with van der Waals surface area (Å²) in [5.74, 6) is 0.482. The third kappa shape index (κ3) is 6.52. The zero-order chi connectivity index (χ0) is 14.6. The number of hydrogen-bond acceptors (Lipinski definition) is 2. The summed E-state index contributed by atoms with van der Waals surface area (Å²) >= 11 is 0. The van der Waals surface area contributed by atoms with Crippen LogP contribution in [0.4, 0.5) is 4.39 Å². The third-order valence-corrected chi connectivity index (χ3v) is 2.67. The molecule has 0 saturated heterocycles. The van der Waals surface area contributed by atoms with Crippen LogP contribution >= 0.6 is 0 Å². The van der Waals surface area contributed by atoms with Gasteiger partial charge in [0.15, 0.2) is 5.96 Å². The predicted octanol–water partition coefficient (Wildman–Crippen LogP) is 2.31. The van der Waals surface area contributed by atoms with E-state index in [1.54, 1.807) is 12.1 Å². The van der Waals surface area contributed by atoms with Gasteiger partial charge >= 0.3 is 0 Å². The molecule has 112 valence electrons. The van der Waals surface area contributed by atoms with Crippen LogP contribution in [-0.2, 0) is 11.3 Å². The first-order chi connectivity index (χ1) is 9.77. The van der Waals surface area contributed by atoms with E-state index in [1.807, 2.05) is 19.9 Å². The lowest BCUT2D eigenvalue weighted by molar-refractivity contribution is 0.145. The monoisotopic (exact) mass is 281 g/mol. The highest BCUT2D eigenvalue weighted by Crippen LogP contribution is 2.07. The van der Waals surface area contributed by atoms with Crippen molar-refractivity contribution >= 4 is 5.96 Å². The molecule has 20 heavy (non-hydrogen) atoms. The number of aliphatic imine (C=N–C) groups is 1. The minimum Gasteiger partial charge on any atom is -0.382 e. The van der Waals surface area contributed by atoms with E-state index >= 15 is 0 Å². The van der Waals surface area contributed by atoms with Crippen molar-refractivity contribution in [2.24, 2.45) is 4.99 Å². The van der Waals surface area contributed by atoms with Crippen molar-refractivity contribution < 1.29 is 9.13 Å². The van der Waals surface area contributed by atoms with E-state index < -0.39 is 0 Å². The Morgan fingerprint density at radius 1 is 1.25 bits per heavy atom. The SMILES string of the molecule is CCNC(=NCc1ccccc1F)NCCCOCC. The highest BCUT2D eigenvalue weighted by atomic mass is 19.1. The Morgan fingerprint density at radius 3 is 2.75 bits per heavy atom. The molecule has 0 atom stereocenters. The quantitative estimate of drug-likeness (QED) is 0.437. The van der Waals surface area contributed by atoms with Gasteiger partial charge in [-0.15, -0.1) is 0 Å². The molecule has 1 rings (SSSR count). The Bertz CT molecular complexity index is 410. The molecule has 1 aromatic rings. The zero-order valence-corrected chi connectivity index (χ0v) is 12.3. The van der Waals surface area contributed by atoms with Gasteiger partial charge in [-0.2, -0.15) is 0 Å². The van der Waals surface area contributed by atoms with Crippen LogP contribution in [0.3, 0.4) is 0 Å². The molecule has 0 saturated carbocycles. The minimum absolute atomic E-state index is 0.219. The fraction of sp³-hybridized carbons (Fsp3) is 0.533. The van der Waals surface area contributed by atoms with E-state index in [0.717, 1.165) is 32.7 Å². The summed E-state index contributed by atoms with van der Waals surface area (Å²) in [5.41, 5.74) is 0.596. The Hall–Kier alpha value is -1.62. The molecular formula is C15H24FN3O. The maximum absolute atomic E-state index is 13.5. The van der Waals surface area contributed by atoms with Gasteiger partial charge in [0.25, 0.3) is 0 Å². The topological polar surface area (TPSA) is 45.7 Å². The minimum atomic E-state index is -0.219. The van der Waals surface area contributed by atoms with Gasteiger partial charge in [-0.3, -0.25) is 0 Å². The average Bonchev–Trinajstić information content (AvgIpc) is 2.46. The molecule has 0 bridgehead atoms. The fourth-order valence-electron chi connectivity index (χ4n) is 1.66. The first kappa shape index (κ1) is 16.4. The lowest BCUT2D eigenvalue weighted by atomic mass is 10.2. The lowest BCUT2D eigenvalue weighted by Gasteiger charge is -2.11. The molecule has 0 unspecified atom stereocenters. The largest absolute Gasteiger partial charge is 0.382 e. The molecule has 0 radical (unpaired) electrons. The van der Waals surface area contributed by atoms with Crippen LogP contribution in [0.2, 0.25) is 0 Å². The normalized spacial score (nSPS) is 11.4. The smallest absolute Gasteiger partial charge is 0.191 e. The van der Waals surface area contributed by atoms with Crippen LogP contribution in [-0.4, -0.2) is 32.3 Å². The lowest BCUT2D eigenvalue weighted by Crippen LogP contribution is -2.38. The molecule has 0 aliphatic rings. The number of rotatable bonds is 8. The van der Waals surface area contributed by atoms with Crippen LogP contribution in [0.1, 0.15) is 25.8 Å². The van der Waals surface area contributed by atoms with E-state index in [1.165, 1.54) is 6.07 Å². The molecule has 0 aromatic heterocycles. The van der Waals surface area contributed by atoms with Crippen molar-refractivity contribution in [1.82, 2.24) is 10.6 Å². The van der Waals surface area contributed by atoms with Crippen LogP contribution in [0.15, 0.2) is 29.3 Å². The molecule has 0 aliphatic heterocycles. The number of guanidine groups is 1. The van der Waals surface area contributed by atoms with Crippen LogP contribution in [0.25, 0.3) is 0 Å². The zero-order valence-electron chi connectivity index (χ0n) is 12.3. The number of nitrogens with one attached hydrogen (secondary N) is 2. The van der Waals surface area contributed by atoms with Crippen molar-refractivity contribution in [1.29, 1.82) is 0 Å². The highest BCUT2D eigenvalue weighted by Gasteiger charge is 2.01. The molecule has 0 amide bonds. The fourth-order valence-corrected chi connectivity index (χ4v) is 1.66. The maximum atomic E-state index is 13.5. The van der Waals surface area contributed by atoms with Crippen molar-refractivity contribution in [2.45, 2.75) is 26.8 Å². The summed E-state index contributed by atoms with van der Waals surface area (Å²) in [6.45, 7) is 7.33. The first-order valence-electron chi connectivity index (χ1n) is 7.11. The van der Waals surface area contributed by atoms with Gasteiger partial charge < -0.3 is 15.4 Å². The van der Waals surface area contributed by atoms with E-state index in [4.69, 9.17) is 4.74 Å². The molecule has 0 fully saturated rings. The standard InChI is InChI=1S/C15H24FN3O/c1-3-17-15(18-10-7-11-20-4-2)19-12-13-8-5-6-9-14(13)16/h5-6,8-9H,3-4,7,10-12H2,1-2H3,(H2,17,18,19). The molecule has 2 N–H and O–H groups in total. The number of halogens is 1. The number of benzene rings is 1. The Balaban J connectivity index is 2.44. The second-order valence-corrected chi connectivity index (χ2v) is 4.26. The van der Waals surface area contributed by atoms with Gasteiger partial charge in [-0.25, -0.2) is 9.38 Å². The number of nitrogens with zero attached hydrogens (tertiary/aromatic N) is 1. The average molecular weight is 281 g/mol. The number of hydrogen-bond donors (Lipinski definition) is 2. The Morgan fingerprint density at radius 2 is 2.05 bits per heavy atom. The second kappa shape index (κ2) is 10.2. The Kier molecular flexibility index (Phi) is 8.38. The maximum Gasteiger partial charge on any atom is 0.191 e. The van der Waals surface area contributed by atoms with E-state index in [2.05, 4.69) is 15.6 Å². The van der Waals surface area contributed by atoms with Gasteiger partial charge in [0, 0.05) is 31.9 Å². The molecule has 4 nitrogen and oxygen atoms in total. The van der Waals surface area contributed by atoms with Crippen molar-refractivity contribution in [2.75, 3.05) is 26.3 Å². The van der Waals surface area contributed by atoms with E-state index in [9.17, 15) is 4.39 Å². The first-order valence-corrected chi connectivity index (χ1v) is 7.11. The van der Waals surface area contributed by atoms with Crippen molar-refractivity contribution in [3.8, 4) is 0 Å². The molecule has 0 heterocycles. The van der Waals surface area contributed by atoms with Crippen LogP contribution in [0.5, 0.6) is 0 Å². The summed E-state index contributed by atoms with van der Waals surface area (Å²) in [5, 5.41) is 6.34. The van der Waals surface area contributed by atoms with Crippen LogP contribution in [0, 0.1) is 5.82 Å². The van der Waals surface area contributed by atoms with Gasteiger partial charge in [-0.1, -0.05) is 18.2 Å². The number of ether oxygens (including phenoxy) is 1. The summed E-state index contributed by atoms with van der Waals surface area (Å²) in [6, 6.07) is 6.70. The van der Waals surface area contributed by atoms with Gasteiger partial charge in [0.1, 0.15) is 5.82 Å². The molecule has 5 heteroatoms. The summed E-state index contributed by atoms with van der Waals surface area (Å²) in [7, 11) is 0. The molecule has 0 spiro atoms. The van der Waals surface area contributed by atoms with Gasteiger partial charge in [-0.05, 0) is 26.3 Å². The summed E-state index contributed by atoms with van der Waals surface area (Å²) in [6.07, 6.45) is 0.915. The van der Waals surface area contributed by atoms with Crippen molar-refractivity contribution in [3.05, 3.63) is 35.6 Å². The molecular weight excluding hydrogens is 257 g/mol. The second-order valence-electron chi connectivity index (χ2n) is 4.26. The van der Waals surface area contributed by atoms with Gasteiger partial charge in [0.05, 0.1) is 6.54 Å². The summed E-state index contributed by atoms with van der Waals surface area (Å²) in [4.78, 5) is 4.38. The van der Waals surface area contributed by atoms with E-state index in [-0.39, 0.29) is 5.82 Å². The van der Waals surface area contributed by atoms with Gasteiger partial charge in [0.2, 0.25) is 0 Å². The third-order valence-electron chi connectivity index (χ3n) is 2.67. The molecule has 1 aromatic carbocycles. The van der Waals surface area contributed by atoms with Crippen molar-refractivity contribution in [3.63, 3.8) is 0 Å². The van der Waals surface area contributed by atoms with E-state index in [0.29, 0.717) is 18.1 Å².